The van der Waals surface area contributed by atoms with Crippen molar-refractivity contribution in [1.82, 2.24) is 9.80 Å². The number of carbonyl (C=O) groups is 3. The summed E-state index contributed by atoms with van der Waals surface area (Å²) < 4.78 is 5.40. The smallest absolute Gasteiger partial charge is 0.310 e. The van der Waals surface area contributed by atoms with Crippen molar-refractivity contribution in [1.29, 1.82) is 0 Å². The Labute approximate surface area is 148 Å². The van der Waals surface area contributed by atoms with E-state index in [0.29, 0.717) is 32.6 Å². The maximum Gasteiger partial charge on any atom is 0.310 e. The molecule has 3 atom stereocenters. The molecule has 25 heavy (non-hydrogen) atoms. The molecular formula is C18H28N2O5. The van der Waals surface area contributed by atoms with Gasteiger partial charge in [0.05, 0.1) is 18.6 Å². The van der Waals surface area contributed by atoms with E-state index in [4.69, 9.17) is 4.74 Å². The van der Waals surface area contributed by atoms with Crippen LogP contribution in [0.4, 0.5) is 0 Å². The topological polar surface area (TPSA) is 87.2 Å². The van der Waals surface area contributed by atoms with E-state index in [9.17, 15) is 19.5 Å². The lowest BCUT2D eigenvalue weighted by molar-refractivity contribution is -0.150. The predicted molar refractivity (Wildman–Crippen MR) is 91.8 cm³/mol. The van der Waals surface area contributed by atoms with E-state index >= 15 is 0 Å². The van der Waals surface area contributed by atoms with Gasteiger partial charge in [-0.25, -0.2) is 0 Å². The molecule has 0 aromatic rings. The van der Waals surface area contributed by atoms with Gasteiger partial charge in [-0.15, -0.1) is 6.58 Å². The quantitative estimate of drug-likeness (QED) is 0.763. The minimum atomic E-state index is -1.04. The number of hydrogen-bond acceptors (Lipinski definition) is 4. The van der Waals surface area contributed by atoms with Gasteiger partial charge in [0.15, 0.2) is 0 Å². The molecule has 140 valence electrons. The van der Waals surface area contributed by atoms with Gasteiger partial charge in [0.2, 0.25) is 11.8 Å². The first-order chi connectivity index (χ1) is 11.6. The second kappa shape index (κ2) is 7.56. The summed E-state index contributed by atoms with van der Waals surface area (Å²) in [6.45, 7) is 11.6. The third-order valence-corrected chi connectivity index (χ3v) is 4.72. The van der Waals surface area contributed by atoms with Crippen LogP contribution in [0.15, 0.2) is 12.7 Å². The van der Waals surface area contributed by atoms with E-state index < -0.39 is 23.9 Å². The van der Waals surface area contributed by atoms with Crippen molar-refractivity contribution in [2.45, 2.75) is 33.3 Å². The van der Waals surface area contributed by atoms with E-state index in [0.717, 1.165) is 0 Å². The van der Waals surface area contributed by atoms with Gasteiger partial charge in [-0.1, -0.05) is 26.8 Å². The lowest BCUT2D eigenvalue weighted by Gasteiger charge is -2.37. The Balaban J connectivity index is 1.94. The largest absolute Gasteiger partial charge is 0.481 e. The first-order valence-electron chi connectivity index (χ1n) is 8.67. The van der Waals surface area contributed by atoms with Crippen LogP contribution in [0, 0.1) is 17.3 Å². The van der Waals surface area contributed by atoms with E-state index in [1.807, 2.05) is 20.8 Å². The van der Waals surface area contributed by atoms with Gasteiger partial charge in [-0.05, 0) is 5.41 Å². The van der Waals surface area contributed by atoms with Crippen molar-refractivity contribution >= 4 is 17.8 Å². The maximum absolute atomic E-state index is 12.7. The van der Waals surface area contributed by atoms with Crippen LogP contribution in [0.25, 0.3) is 0 Å². The van der Waals surface area contributed by atoms with E-state index in [1.54, 1.807) is 9.80 Å². The van der Waals surface area contributed by atoms with E-state index in [1.165, 1.54) is 6.08 Å². The Hall–Kier alpha value is -1.89. The van der Waals surface area contributed by atoms with Gasteiger partial charge in [0.25, 0.3) is 0 Å². The van der Waals surface area contributed by atoms with Crippen LogP contribution in [0.3, 0.4) is 0 Å². The molecule has 0 spiro atoms. The number of carbonyl (C=O) groups excluding carboxylic acids is 2. The highest BCUT2D eigenvalue weighted by Crippen LogP contribution is 2.30. The highest BCUT2D eigenvalue weighted by atomic mass is 16.5. The molecule has 3 unspecified atom stereocenters. The van der Waals surface area contributed by atoms with E-state index in [-0.39, 0.29) is 23.8 Å². The van der Waals surface area contributed by atoms with Crippen LogP contribution in [0.5, 0.6) is 0 Å². The van der Waals surface area contributed by atoms with Gasteiger partial charge in [-0.2, -0.15) is 0 Å². The first-order valence-corrected chi connectivity index (χ1v) is 8.67. The summed E-state index contributed by atoms with van der Waals surface area (Å²) in [6, 6.07) is 0. The molecule has 2 rings (SSSR count). The number of carboxylic acid groups (broad SMARTS) is 1. The zero-order chi connectivity index (χ0) is 18.8. The molecule has 2 aliphatic heterocycles. The predicted octanol–water partition coefficient (Wildman–Crippen LogP) is 0.995. The molecule has 2 amide bonds. The Morgan fingerprint density at radius 1 is 1.16 bits per heavy atom. The summed E-state index contributed by atoms with van der Waals surface area (Å²) in [4.78, 5) is 39.9. The summed E-state index contributed by atoms with van der Waals surface area (Å²) in [5, 5.41) is 9.40. The number of amides is 2. The Kier molecular flexibility index (Phi) is 5.87. The Morgan fingerprint density at radius 3 is 2.20 bits per heavy atom. The second-order valence-electron chi connectivity index (χ2n) is 7.95. The molecule has 7 nitrogen and oxygen atoms in total. The molecule has 2 heterocycles. The van der Waals surface area contributed by atoms with Crippen LogP contribution >= 0.6 is 0 Å². The fraction of sp³-hybridized carbons (Fsp3) is 0.722. The minimum Gasteiger partial charge on any atom is -0.481 e. The SMILES string of the molecule is C=CC1OCC(C(=O)N2CCN(C(=O)CC(C)(C)C)CC2)C1C(=O)O. The monoisotopic (exact) mass is 352 g/mol. The van der Waals surface area contributed by atoms with Crippen LogP contribution in [0.1, 0.15) is 27.2 Å². The van der Waals surface area contributed by atoms with Gasteiger partial charge in [0.1, 0.15) is 5.92 Å². The third kappa shape index (κ3) is 4.60. The molecule has 0 aliphatic carbocycles. The molecule has 0 saturated carbocycles. The lowest BCUT2D eigenvalue weighted by atomic mass is 9.89. The third-order valence-electron chi connectivity index (χ3n) is 4.72. The summed E-state index contributed by atoms with van der Waals surface area (Å²) in [7, 11) is 0. The van der Waals surface area contributed by atoms with Crippen molar-refractivity contribution in [3.63, 3.8) is 0 Å². The number of hydrogen-bond donors (Lipinski definition) is 1. The number of piperazine rings is 1. The molecule has 7 heteroatoms. The molecule has 2 saturated heterocycles. The average molecular weight is 352 g/mol. The van der Waals surface area contributed by atoms with Crippen molar-refractivity contribution < 1.29 is 24.2 Å². The van der Waals surface area contributed by atoms with Crippen molar-refractivity contribution in [3.8, 4) is 0 Å². The lowest BCUT2D eigenvalue weighted by Crippen LogP contribution is -2.53. The summed E-state index contributed by atoms with van der Waals surface area (Å²) in [5.74, 6) is -2.75. The van der Waals surface area contributed by atoms with Gasteiger partial charge < -0.3 is 19.6 Å². The van der Waals surface area contributed by atoms with Crippen molar-refractivity contribution in [2.24, 2.45) is 17.3 Å². The Morgan fingerprint density at radius 2 is 1.72 bits per heavy atom. The molecule has 0 radical (unpaired) electrons. The molecule has 2 fully saturated rings. The van der Waals surface area contributed by atoms with Crippen molar-refractivity contribution in [3.05, 3.63) is 12.7 Å². The molecule has 2 aliphatic rings. The number of carboxylic acids is 1. The van der Waals surface area contributed by atoms with Crippen LogP contribution in [-0.4, -0.2) is 71.6 Å². The standard InChI is InChI=1S/C18H28N2O5/c1-5-13-15(17(23)24)12(11-25-13)16(22)20-8-6-19(7-9-20)14(21)10-18(2,3)4/h5,12-13,15H,1,6-11H2,2-4H3,(H,23,24). The van der Waals surface area contributed by atoms with Gasteiger partial charge in [-0.3, -0.25) is 14.4 Å². The summed E-state index contributed by atoms with van der Waals surface area (Å²) in [5.41, 5.74) is -0.0698. The molecule has 0 aromatic carbocycles. The number of nitrogens with zero attached hydrogens (tertiary/aromatic N) is 2. The highest BCUT2D eigenvalue weighted by molar-refractivity contribution is 5.86. The summed E-state index contributed by atoms with van der Waals surface area (Å²) >= 11 is 0. The molecule has 1 N–H and O–H groups in total. The zero-order valence-electron chi connectivity index (χ0n) is 15.2. The van der Waals surface area contributed by atoms with Crippen LogP contribution in [0.2, 0.25) is 0 Å². The maximum atomic E-state index is 12.7. The molecule has 0 aromatic heterocycles. The summed E-state index contributed by atoms with van der Waals surface area (Å²) in [6.07, 6.45) is 1.27. The first kappa shape index (κ1) is 19.4. The average Bonchev–Trinajstić information content (AvgIpc) is 2.97. The van der Waals surface area contributed by atoms with Gasteiger partial charge >= 0.3 is 5.97 Å². The zero-order valence-corrected chi connectivity index (χ0v) is 15.2. The fourth-order valence-corrected chi connectivity index (χ4v) is 3.38. The highest BCUT2D eigenvalue weighted by Gasteiger charge is 2.46. The number of aliphatic carboxylic acids is 1. The second-order valence-corrected chi connectivity index (χ2v) is 7.95. The molecule has 0 bridgehead atoms. The van der Waals surface area contributed by atoms with Crippen LogP contribution < -0.4 is 0 Å². The number of ether oxygens (including phenoxy) is 1. The fourth-order valence-electron chi connectivity index (χ4n) is 3.38. The van der Waals surface area contributed by atoms with Gasteiger partial charge in [0, 0.05) is 32.6 Å². The molecular weight excluding hydrogens is 324 g/mol. The minimum absolute atomic E-state index is 0.0698. The normalized spacial score (nSPS) is 27.2. The Bertz CT molecular complexity index is 546. The van der Waals surface area contributed by atoms with Crippen molar-refractivity contribution in [2.75, 3.05) is 32.8 Å². The van der Waals surface area contributed by atoms with E-state index in [2.05, 4.69) is 6.58 Å². The van der Waals surface area contributed by atoms with Crippen LogP contribution in [-0.2, 0) is 19.1 Å². The number of rotatable bonds is 4.